The Morgan fingerprint density at radius 3 is 2.61 bits per heavy atom. The monoisotopic (exact) mass is 453 g/mol. The quantitative estimate of drug-likeness (QED) is 0.581. The number of nitrogens with one attached hydrogen (secondary N) is 1. The molecule has 0 spiro atoms. The second-order valence-corrected chi connectivity index (χ2v) is 8.73. The Labute approximate surface area is 190 Å². The lowest BCUT2D eigenvalue weighted by molar-refractivity contribution is -0.153. The zero-order chi connectivity index (χ0) is 22.4. The summed E-state index contributed by atoms with van der Waals surface area (Å²) >= 11 is 0. The van der Waals surface area contributed by atoms with Crippen molar-refractivity contribution >= 4 is 17.0 Å². The second kappa shape index (κ2) is 8.53. The van der Waals surface area contributed by atoms with Gasteiger partial charge in [-0.1, -0.05) is 25.0 Å². The summed E-state index contributed by atoms with van der Waals surface area (Å²) in [5.74, 6) is 1.50. The molecule has 4 heterocycles. The molecular formula is C23H27N5O5. The van der Waals surface area contributed by atoms with Crippen LogP contribution in [0.3, 0.4) is 0 Å². The van der Waals surface area contributed by atoms with Gasteiger partial charge in [0.25, 0.3) is 0 Å². The van der Waals surface area contributed by atoms with E-state index in [2.05, 4.69) is 20.3 Å². The third kappa shape index (κ3) is 3.63. The predicted molar refractivity (Wildman–Crippen MR) is 118 cm³/mol. The summed E-state index contributed by atoms with van der Waals surface area (Å²) in [7, 11) is 1.63. The van der Waals surface area contributed by atoms with E-state index in [1.807, 2.05) is 28.8 Å². The van der Waals surface area contributed by atoms with Crippen molar-refractivity contribution in [1.82, 2.24) is 19.5 Å². The summed E-state index contributed by atoms with van der Waals surface area (Å²) in [5.41, 5.74) is 2.23. The van der Waals surface area contributed by atoms with E-state index in [0.717, 1.165) is 30.0 Å². The van der Waals surface area contributed by atoms with E-state index in [1.54, 1.807) is 19.8 Å². The molecule has 1 saturated carbocycles. The minimum absolute atomic E-state index is 0.174. The molecule has 3 aromatic rings. The molecule has 0 bridgehead atoms. The number of aliphatic hydroxyl groups excluding tert-OH is 1. The van der Waals surface area contributed by atoms with Crippen LogP contribution in [0.2, 0.25) is 0 Å². The molecule has 1 aliphatic carbocycles. The number of fused-ring (bicyclic) bond motifs is 2. The Morgan fingerprint density at radius 1 is 1.06 bits per heavy atom. The van der Waals surface area contributed by atoms with Gasteiger partial charge in [-0.15, -0.1) is 0 Å². The fraction of sp³-hybridized carbons (Fsp3) is 0.522. The summed E-state index contributed by atoms with van der Waals surface area (Å²) in [6.07, 6.45) is 5.53. The van der Waals surface area contributed by atoms with Crippen LogP contribution in [-0.2, 0) is 14.2 Å². The molecule has 2 N–H and O–H groups in total. The molecule has 10 nitrogen and oxygen atoms in total. The van der Waals surface area contributed by atoms with Crippen LogP contribution in [0.1, 0.15) is 43.8 Å². The third-order valence-electron chi connectivity index (χ3n) is 6.74. The van der Waals surface area contributed by atoms with E-state index in [1.165, 1.54) is 12.8 Å². The van der Waals surface area contributed by atoms with Crippen LogP contribution in [0.5, 0.6) is 5.75 Å². The van der Waals surface area contributed by atoms with Crippen molar-refractivity contribution < 1.29 is 24.1 Å². The topological polar surface area (TPSA) is 113 Å². The van der Waals surface area contributed by atoms with Gasteiger partial charge in [-0.2, -0.15) is 0 Å². The maximum atomic E-state index is 9.93. The molecule has 2 saturated heterocycles. The first-order valence-electron chi connectivity index (χ1n) is 11.4. The van der Waals surface area contributed by atoms with Gasteiger partial charge in [0, 0.05) is 11.6 Å². The SMILES string of the molecule is COc1ccc(C2O[C@@H]3[C@@H](CO)OC(n4cnc5c(NC6CCCC6)ncnc54)[C@@H]3O2)cc1. The first kappa shape index (κ1) is 20.8. The number of ether oxygens (including phenoxy) is 4. The van der Waals surface area contributed by atoms with Gasteiger partial charge in [-0.25, -0.2) is 15.0 Å². The molecule has 0 radical (unpaired) electrons. The zero-order valence-corrected chi connectivity index (χ0v) is 18.3. The molecule has 0 amide bonds. The average molecular weight is 453 g/mol. The van der Waals surface area contributed by atoms with Gasteiger partial charge in [0.1, 0.15) is 30.4 Å². The summed E-state index contributed by atoms with van der Waals surface area (Å²) in [5, 5.41) is 13.5. The summed E-state index contributed by atoms with van der Waals surface area (Å²) in [4.78, 5) is 13.5. The standard InChI is InChI=1S/C23H27N5O5/c1-30-15-8-6-13(7-9-15)23-32-18-16(10-29)31-22(19(18)33-23)28-12-26-17-20(24-11-25-21(17)28)27-14-4-2-3-5-14/h6-9,11-12,14,16,18-19,22-23,29H,2-5,10H2,1H3,(H,24,25,27)/t16-,18-,19-,22?,23?/m1/s1. The average Bonchev–Trinajstić information content (AvgIpc) is 3.63. The van der Waals surface area contributed by atoms with Gasteiger partial charge in [-0.05, 0) is 25.0 Å². The summed E-state index contributed by atoms with van der Waals surface area (Å²) in [6, 6.07) is 7.97. The molecule has 2 aliphatic heterocycles. The Bertz CT molecular complexity index is 1120. The first-order valence-corrected chi connectivity index (χ1v) is 11.4. The highest BCUT2D eigenvalue weighted by atomic mass is 16.8. The Balaban J connectivity index is 1.28. The zero-order valence-electron chi connectivity index (χ0n) is 18.3. The van der Waals surface area contributed by atoms with Crippen LogP contribution >= 0.6 is 0 Å². The minimum atomic E-state index is -0.560. The molecule has 2 unspecified atom stereocenters. The van der Waals surface area contributed by atoms with Crippen LogP contribution in [-0.4, -0.2) is 62.7 Å². The normalized spacial score (nSPS) is 29.6. The van der Waals surface area contributed by atoms with Crippen molar-refractivity contribution in [1.29, 1.82) is 0 Å². The van der Waals surface area contributed by atoms with E-state index in [4.69, 9.17) is 18.9 Å². The number of anilines is 1. The highest BCUT2D eigenvalue weighted by Gasteiger charge is 2.53. The number of hydrogen-bond acceptors (Lipinski definition) is 9. The van der Waals surface area contributed by atoms with Gasteiger partial charge in [0.15, 0.2) is 29.5 Å². The molecule has 3 aliphatic rings. The fourth-order valence-corrected chi connectivity index (χ4v) is 5.03. The number of nitrogens with zero attached hydrogens (tertiary/aromatic N) is 4. The number of aromatic nitrogens is 4. The second-order valence-electron chi connectivity index (χ2n) is 8.73. The van der Waals surface area contributed by atoms with Crippen molar-refractivity contribution in [3.8, 4) is 5.75 Å². The number of benzene rings is 1. The first-order chi connectivity index (χ1) is 16.2. The summed E-state index contributed by atoms with van der Waals surface area (Å²) < 4.78 is 25.7. The van der Waals surface area contributed by atoms with Crippen molar-refractivity contribution in [3.63, 3.8) is 0 Å². The highest BCUT2D eigenvalue weighted by Crippen LogP contribution is 2.45. The Kier molecular flexibility index (Phi) is 5.37. The molecule has 174 valence electrons. The maximum absolute atomic E-state index is 9.93. The molecule has 1 aromatic carbocycles. The number of hydrogen-bond donors (Lipinski definition) is 2. The van der Waals surface area contributed by atoms with E-state index in [9.17, 15) is 5.11 Å². The Hall–Kier alpha value is -2.79. The van der Waals surface area contributed by atoms with E-state index in [-0.39, 0.29) is 6.61 Å². The molecule has 5 atom stereocenters. The van der Waals surface area contributed by atoms with E-state index in [0.29, 0.717) is 17.2 Å². The van der Waals surface area contributed by atoms with Gasteiger partial charge < -0.3 is 29.4 Å². The number of aliphatic hydroxyl groups is 1. The minimum Gasteiger partial charge on any atom is -0.497 e. The van der Waals surface area contributed by atoms with Gasteiger partial charge in [0.2, 0.25) is 0 Å². The molecule has 3 fully saturated rings. The third-order valence-corrected chi connectivity index (χ3v) is 6.74. The van der Waals surface area contributed by atoms with Crippen LogP contribution in [0.4, 0.5) is 5.82 Å². The molecule has 33 heavy (non-hydrogen) atoms. The smallest absolute Gasteiger partial charge is 0.185 e. The lowest BCUT2D eigenvalue weighted by Gasteiger charge is -2.21. The Morgan fingerprint density at radius 2 is 1.85 bits per heavy atom. The van der Waals surface area contributed by atoms with Gasteiger partial charge in [-0.3, -0.25) is 4.57 Å². The number of imidazole rings is 1. The van der Waals surface area contributed by atoms with E-state index < -0.39 is 30.8 Å². The van der Waals surface area contributed by atoms with Crippen LogP contribution in [0.25, 0.3) is 11.2 Å². The summed E-state index contributed by atoms with van der Waals surface area (Å²) in [6.45, 7) is -0.174. The van der Waals surface area contributed by atoms with Crippen molar-refractivity contribution in [3.05, 3.63) is 42.5 Å². The predicted octanol–water partition coefficient (Wildman–Crippen LogP) is 2.56. The maximum Gasteiger partial charge on any atom is 0.185 e. The van der Waals surface area contributed by atoms with Gasteiger partial charge >= 0.3 is 0 Å². The number of rotatable bonds is 6. The molecule has 10 heteroatoms. The highest BCUT2D eigenvalue weighted by molar-refractivity contribution is 5.82. The van der Waals surface area contributed by atoms with Crippen LogP contribution < -0.4 is 10.1 Å². The van der Waals surface area contributed by atoms with Crippen molar-refractivity contribution in [2.75, 3.05) is 19.0 Å². The number of methoxy groups -OCH3 is 1. The van der Waals surface area contributed by atoms with Crippen molar-refractivity contribution in [2.45, 2.75) is 62.6 Å². The van der Waals surface area contributed by atoms with Gasteiger partial charge in [0.05, 0.1) is 20.0 Å². The van der Waals surface area contributed by atoms with E-state index >= 15 is 0 Å². The lowest BCUT2D eigenvalue weighted by atomic mass is 10.1. The fourth-order valence-electron chi connectivity index (χ4n) is 5.03. The molecular weight excluding hydrogens is 426 g/mol. The van der Waals surface area contributed by atoms with Crippen LogP contribution in [0, 0.1) is 0 Å². The molecule has 2 aromatic heterocycles. The van der Waals surface area contributed by atoms with Crippen molar-refractivity contribution in [2.24, 2.45) is 0 Å². The van der Waals surface area contributed by atoms with Crippen LogP contribution in [0.15, 0.2) is 36.9 Å². The molecule has 6 rings (SSSR count). The largest absolute Gasteiger partial charge is 0.497 e. The lowest BCUT2D eigenvalue weighted by Crippen LogP contribution is -2.30.